The van der Waals surface area contributed by atoms with Crippen LogP contribution in [0.25, 0.3) is 0 Å². The minimum Gasteiger partial charge on any atom is -0.461 e. The fourth-order valence-corrected chi connectivity index (χ4v) is 1.74. The van der Waals surface area contributed by atoms with Crippen LogP contribution in [0.15, 0.2) is 24.3 Å². The summed E-state index contributed by atoms with van der Waals surface area (Å²) in [6.45, 7) is 4.33. The van der Waals surface area contributed by atoms with Gasteiger partial charge in [-0.2, -0.15) is 15.0 Å². The molecule has 0 spiro atoms. The van der Waals surface area contributed by atoms with E-state index in [0.717, 1.165) is 5.56 Å². The molecule has 0 amide bonds. The first-order valence-corrected chi connectivity index (χ1v) is 6.85. The van der Waals surface area contributed by atoms with E-state index in [1.807, 2.05) is 38.1 Å². The number of rotatable bonds is 5. The Balaban J connectivity index is 2.05. The van der Waals surface area contributed by atoms with Gasteiger partial charge in [-0.25, -0.2) is 0 Å². The average Bonchev–Trinajstić information content (AvgIpc) is 2.36. The molecular formula is C13H14Cl2N4O. The lowest BCUT2D eigenvalue weighted by Gasteiger charge is -2.09. The standard InChI is InChI=1S/C13H14Cl2N4O/c1-8(2)20-13-18-11(15)17-12(19-13)16-7-9-3-5-10(14)6-4-9/h3-6,8H,7H2,1-2H3,(H,16,17,18,19). The third-order valence-corrected chi connectivity index (χ3v) is 2.71. The average molecular weight is 313 g/mol. The third kappa shape index (κ3) is 4.51. The molecule has 0 bridgehead atoms. The van der Waals surface area contributed by atoms with E-state index in [1.54, 1.807) is 0 Å². The Morgan fingerprint density at radius 2 is 1.80 bits per heavy atom. The van der Waals surface area contributed by atoms with Gasteiger partial charge in [0.25, 0.3) is 0 Å². The minimum absolute atomic E-state index is 0.0300. The van der Waals surface area contributed by atoms with Gasteiger partial charge >= 0.3 is 6.01 Å². The van der Waals surface area contributed by atoms with Crippen molar-refractivity contribution >= 4 is 29.2 Å². The first-order valence-electron chi connectivity index (χ1n) is 6.09. The first kappa shape index (κ1) is 14.8. The van der Waals surface area contributed by atoms with E-state index in [0.29, 0.717) is 17.5 Å². The predicted octanol–water partition coefficient (Wildman–Crippen LogP) is 3.58. The molecule has 0 aliphatic heterocycles. The van der Waals surface area contributed by atoms with E-state index in [4.69, 9.17) is 27.9 Å². The summed E-state index contributed by atoms with van der Waals surface area (Å²) < 4.78 is 5.40. The first-order chi connectivity index (χ1) is 9.52. The second-order valence-electron chi connectivity index (χ2n) is 4.36. The van der Waals surface area contributed by atoms with Crippen molar-refractivity contribution in [3.63, 3.8) is 0 Å². The summed E-state index contributed by atoms with van der Waals surface area (Å²) in [6.07, 6.45) is -0.0300. The smallest absolute Gasteiger partial charge is 0.322 e. The Morgan fingerprint density at radius 3 is 2.45 bits per heavy atom. The molecular weight excluding hydrogens is 299 g/mol. The molecule has 0 fully saturated rings. The molecule has 0 unspecified atom stereocenters. The summed E-state index contributed by atoms with van der Waals surface area (Å²) in [5.41, 5.74) is 1.05. The minimum atomic E-state index is -0.0300. The largest absolute Gasteiger partial charge is 0.461 e. The van der Waals surface area contributed by atoms with Crippen LogP contribution in [0.5, 0.6) is 6.01 Å². The molecule has 0 aliphatic rings. The highest BCUT2D eigenvalue weighted by atomic mass is 35.5. The number of aromatic nitrogens is 3. The molecule has 0 radical (unpaired) electrons. The zero-order valence-electron chi connectivity index (χ0n) is 11.1. The Bertz CT molecular complexity index is 575. The van der Waals surface area contributed by atoms with Crippen LogP contribution in [0.2, 0.25) is 10.3 Å². The number of ether oxygens (including phenoxy) is 1. The lowest BCUT2D eigenvalue weighted by molar-refractivity contribution is 0.222. The SMILES string of the molecule is CC(C)Oc1nc(Cl)nc(NCc2ccc(Cl)cc2)n1. The molecule has 0 saturated heterocycles. The lowest BCUT2D eigenvalue weighted by atomic mass is 10.2. The van der Waals surface area contributed by atoms with Crippen molar-refractivity contribution in [1.82, 2.24) is 15.0 Å². The molecule has 0 aliphatic carbocycles. The van der Waals surface area contributed by atoms with E-state index in [1.165, 1.54) is 0 Å². The van der Waals surface area contributed by atoms with Gasteiger partial charge in [-0.05, 0) is 43.1 Å². The van der Waals surface area contributed by atoms with Crippen molar-refractivity contribution in [3.8, 4) is 6.01 Å². The van der Waals surface area contributed by atoms with Crippen LogP contribution < -0.4 is 10.1 Å². The lowest BCUT2D eigenvalue weighted by Crippen LogP contribution is -2.11. The maximum atomic E-state index is 5.84. The highest BCUT2D eigenvalue weighted by Gasteiger charge is 2.07. The third-order valence-electron chi connectivity index (χ3n) is 2.29. The van der Waals surface area contributed by atoms with Crippen LogP contribution in [0.4, 0.5) is 5.95 Å². The van der Waals surface area contributed by atoms with Crippen molar-refractivity contribution in [3.05, 3.63) is 40.1 Å². The zero-order chi connectivity index (χ0) is 14.5. The van der Waals surface area contributed by atoms with E-state index in [9.17, 15) is 0 Å². The molecule has 2 aromatic rings. The van der Waals surface area contributed by atoms with E-state index >= 15 is 0 Å². The monoisotopic (exact) mass is 312 g/mol. The van der Waals surface area contributed by atoms with Crippen LogP contribution in [-0.4, -0.2) is 21.1 Å². The number of nitrogens with one attached hydrogen (secondary N) is 1. The van der Waals surface area contributed by atoms with Gasteiger partial charge in [0.1, 0.15) is 0 Å². The Labute approximate surface area is 127 Å². The molecule has 1 heterocycles. The van der Waals surface area contributed by atoms with Crippen LogP contribution in [-0.2, 0) is 6.54 Å². The zero-order valence-corrected chi connectivity index (χ0v) is 12.6. The molecule has 0 saturated carbocycles. The number of hydrogen-bond donors (Lipinski definition) is 1. The van der Waals surface area contributed by atoms with Gasteiger partial charge in [-0.3, -0.25) is 0 Å². The summed E-state index contributed by atoms with van der Waals surface area (Å²) in [6, 6.07) is 7.70. The molecule has 1 aromatic heterocycles. The normalized spacial score (nSPS) is 10.7. The Kier molecular flexibility index (Phi) is 4.98. The number of benzene rings is 1. The van der Waals surface area contributed by atoms with Gasteiger partial charge in [0, 0.05) is 11.6 Å². The maximum absolute atomic E-state index is 5.84. The van der Waals surface area contributed by atoms with E-state index in [-0.39, 0.29) is 17.4 Å². The molecule has 7 heteroatoms. The van der Waals surface area contributed by atoms with Crippen LogP contribution in [0, 0.1) is 0 Å². The summed E-state index contributed by atoms with van der Waals surface area (Å²) in [5.74, 6) is 0.371. The van der Waals surface area contributed by atoms with Gasteiger partial charge in [0.15, 0.2) is 0 Å². The summed E-state index contributed by atoms with van der Waals surface area (Å²) in [4.78, 5) is 12.0. The van der Waals surface area contributed by atoms with Gasteiger partial charge in [0.05, 0.1) is 6.10 Å². The number of anilines is 1. The van der Waals surface area contributed by atoms with Crippen molar-refractivity contribution in [2.75, 3.05) is 5.32 Å². The summed E-state index contributed by atoms with van der Waals surface area (Å²) in [7, 11) is 0. The van der Waals surface area contributed by atoms with Crippen molar-refractivity contribution in [1.29, 1.82) is 0 Å². The van der Waals surface area contributed by atoms with E-state index < -0.39 is 0 Å². The van der Waals surface area contributed by atoms with Crippen molar-refractivity contribution < 1.29 is 4.74 Å². The van der Waals surface area contributed by atoms with Crippen LogP contribution in [0.3, 0.4) is 0 Å². The molecule has 106 valence electrons. The highest BCUT2D eigenvalue weighted by Crippen LogP contribution is 2.14. The fourth-order valence-electron chi connectivity index (χ4n) is 1.46. The fraction of sp³-hybridized carbons (Fsp3) is 0.308. The van der Waals surface area contributed by atoms with Crippen LogP contribution in [0.1, 0.15) is 19.4 Å². The van der Waals surface area contributed by atoms with Gasteiger partial charge in [-0.15, -0.1) is 0 Å². The van der Waals surface area contributed by atoms with Crippen molar-refractivity contribution in [2.24, 2.45) is 0 Å². The van der Waals surface area contributed by atoms with Gasteiger partial charge in [0.2, 0.25) is 11.2 Å². The predicted molar refractivity (Wildman–Crippen MR) is 79.4 cm³/mol. The second kappa shape index (κ2) is 6.72. The number of hydrogen-bond acceptors (Lipinski definition) is 5. The summed E-state index contributed by atoms with van der Waals surface area (Å²) >= 11 is 11.7. The second-order valence-corrected chi connectivity index (χ2v) is 5.13. The molecule has 2 rings (SSSR count). The molecule has 1 N–H and O–H groups in total. The molecule has 5 nitrogen and oxygen atoms in total. The topological polar surface area (TPSA) is 59.9 Å². The molecule has 20 heavy (non-hydrogen) atoms. The van der Waals surface area contributed by atoms with E-state index in [2.05, 4.69) is 20.3 Å². The molecule has 0 atom stereocenters. The maximum Gasteiger partial charge on any atom is 0.322 e. The van der Waals surface area contributed by atoms with Crippen molar-refractivity contribution in [2.45, 2.75) is 26.5 Å². The number of halogens is 2. The van der Waals surface area contributed by atoms with Gasteiger partial charge in [-0.1, -0.05) is 23.7 Å². The summed E-state index contributed by atoms with van der Waals surface area (Å²) in [5, 5.41) is 3.86. The Hall–Kier alpha value is -1.59. The quantitative estimate of drug-likeness (QED) is 0.914. The van der Waals surface area contributed by atoms with Gasteiger partial charge < -0.3 is 10.1 Å². The van der Waals surface area contributed by atoms with Crippen LogP contribution >= 0.6 is 23.2 Å². The highest BCUT2D eigenvalue weighted by molar-refractivity contribution is 6.30. The molecule has 1 aromatic carbocycles. The number of nitrogens with zero attached hydrogens (tertiary/aromatic N) is 3. The Morgan fingerprint density at radius 1 is 1.10 bits per heavy atom.